The third kappa shape index (κ3) is 4.03. The lowest BCUT2D eigenvalue weighted by Crippen LogP contribution is -2.33. The molecule has 0 unspecified atom stereocenters. The van der Waals surface area contributed by atoms with Crippen molar-refractivity contribution in [1.82, 2.24) is 9.88 Å². The van der Waals surface area contributed by atoms with Gasteiger partial charge in [0.2, 0.25) is 0 Å². The van der Waals surface area contributed by atoms with E-state index in [2.05, 4.69) is 10.3 Å². The average Bonchev–Trinajstić information content (AvgIpc) is 2.55. The minimum absolute atomic E-state index is 0.0669. The van der Waals surface area contributed by atoms with Crippen LogP contribution in [0.3, 0.4) is 0 Å². The summed E-state index contributed by atoms with van der Waals surface area (Å²) in [6.07, 6.45) is 1.60. The second kappa shape index (κ2) is 7.40. The number of nitrogens with zero attached hydrogens (tertiary/aromatic N) is 2. The molecule has 2 aromatic rings. The van der Waals surface area contributed by atoms with Crippen LogP contribution in [-0.2, 0) is 6.54 Å². The van der Waals surface area contributed by atoms with Gasteiger partial charge in [-0.3, -0.25) is 4.79 Å². The summed E-state index contributed by atoms with van der Waals surface area (Å²) in [4.78, 5) is 18.3. The first-order valence-electron chi connectivity index (χ1n) is 6.82. The van der Waals surface area contributed by atoms with Gasteiger partial charge in [0.05, 0.1) is 6.61 Å². The van der Waals surface area contributed by atoms with Crippen LogP contribution in [0.25, 0.3) is 0 Å². The van der Waals surface area contributed by atoms with Gasteiger partial charge in [-0.25, -0.2) is 4.98 Å². The van der Waals surface area contributed by atoms with Crippen molar-refractivity contribution < 1.29 is 9.90 Å². The van der Waals surface area contributed by atoms with E-state index in [1.165, 1.54) is 0 Å². The number of nitrogens with one attached hydrogen (secondary N) is 1. The number of carbonyl (C=O) groups excluding carboxylic acids is 1. The van der Waals surface area contributed by atoms with Crippen molar-refractivity contribution in [2.45, 2.75) is 6.54 Å². The smallest absolute Gasteiger partial charge is 0.254 e. The van der Waals surface area contributed by atoms with Gasteiger partial charge in [-0.2, -0.15) is 0 Å². The van der Waals surface area contributed by atoms with Crippen LogP contribution >= 0.6 is 0 Å². The van der Waals surface area contributed by atoms with Crippen LogP contribution in [-0.4, -0.2) is 41.1 Å². The Morgan fingerprint density at radius 3 is 2.71 bits per heavy atom. The van der Waals surface area contributed by atoms with Crippen molar-refractivity contribution in [2.24, 2.45) is 0 Å². The highest BCUT2D eigenvalue weighted by molar-refractivity contribution is 5.94. The van der Waals surface area contributed by atoms with Crippen LogP contribution in [0.4, 0.5) is 5.82 Å². The Hall–Kier alpha value is -2.40. The maximum absolute atomic E-state index is 12.6. The molecular formula is C16H19N3O2. The van der Waals surface area contributed by atoms with Gasteiger partial charge in [-0.05, 0) is 17.7 Å². The molecule has 21 heavy (non-hydrogen) atoms. The van der Waals surface area contributed by atoms with E-state index in [1.807, 2.05) is 30.3 Å². The van der Waals surface area contributed by atoms with E-state index in [0.29, 0.717) is 24.5 Å². The molecule has 0 saturated carbocycles. The number of anilines is 1. The van der Waals surface area contributed by atoms with Crippen molar-refractivity contribution in [2.75, 3.05) is 25.5 Å². The quantitative estimate of drug-likeness (QED) is 0.849. The molecule has 5 nitrogen and oxygen atoms in total. The fourth-order valence-electron chi connectivity index (χ4n) is 2.06. The van der Waals surface area contributed by atoms with E-state index < -0.39 is 0 Å². The van der Waals surface area contributed by atoms with E-state index >= 15 is 0 Å². The van der Waals surface area contributed by atoms with Crippen LogP contribution in [0.15, 0.2) is 48.7 Å². The summed E-state index contributed by atoms with van der Waals surface area (Å²) in [5, 5.41) is 12.1. The van der Waals surface area contributed by atoms with Crippen LogP contribution in [0.2, 0.25) is 0 Å². The lowest BCUT2D eigenvalue weighted by Gasteiger charge is -2.22. The highest BCUT2D eigenvalue weighted by Crippen LogP contribution is 2.12. The Kier molecular flexibility index (Phi) is 5.29. The summed E-state index contributed by atoms with van der Waals surface area (Å²) in [6.45, 7) is 0.699. The number of hydrogen-bond donors (Lipinski definition) is 2. The van der Waals surface area contributed by atoms with E-state index in [4.69, 9.17) is 0 Å². The van der Waals surface area contributed by atoms with Gasteiger partial charge in [0.1, 0.15) is 5.82 Å². The molecular weight excluding hydrogens is 266 g/mol. The lowest BCUT2D eigenvalue weighted by atomic mass is 10.1. The second-order valence-corrected chi connectivity index (χ2v) is 4.62. The molecule has 5 heteroatoms. The molecule has 0 bridgehead atoms. The maximum atomic E-state index is 12.6. The Morgan fingerprint density at radius 1 is 1.29 bits per heavy atom. The fourth-order valence-corrected chi connectivity index (χ4v) is 2.06. The van der Waals surface area contributed by atoms with Crippen molar-refractivity contribution in [3.63, 3.8) is 0 Å². The van der Waals surface area contributed by atoms with E-state index in [1.54, 1.807) is 30.3 Å². The molecule has 1 heterocycles. The Morgan fingerprint density at radius 2 is 2.05 bits per heavy atom. The molecule has 1 aromatic carbocycles. The number of aliphatic hydroxyl groups excluding tert-OH is 1. The van der Waals surface area contributed by atoms with Crippen molar-refractivity contribution >= 4 is 11.7 Å². The first-order valence-corrected chi connectivity index (χ1v) is 6.82. The van der Waals surface area contributed by atoms with Crippen LogP contribution in [0, 0.1) is 0 Å². The molecule has 0 saturated heterocycles. The maximum Gasteiger partial charge on any atom is 0.254 e. The number of carbonyl (C=O) groups is 1. The van der Waals surface area contributed by atoms with Gasteiger partial charge in [-0.1, -0.05) is 30.3 Å². The van der Waals surface area contributed by atoms with E-state index in [-0.39, 0.29) is 12.5 Å². The topological polar surface area (TPSA) is 65.5 Å². The lowest BCUT2D eigenvalue weighted by molar-refractivity contribution is 0.0708. The van der Waals surface area contributed by atoms with Crippen molar-refractivity contribution in [3.05, 3.63) is 59.8 Å². The predicted molar refractivity (Wildman–Crippen MR) is 82.1 cm³/mol. The fraction of sp³-hybridized carbons (Fsp3) is 0.250. The molecule has 1 aromatic heterocycles. The summed E-state index contributed by atoms with van der Waals surface area (Å²) in [6, 6.07) is 13.1. The number of hydrogen-bond acceptors (Lipinski definition) is 4. The minimum Gasteiger partial charge on any atom is -0.395 e. The summed E-state index contributed by atoms with van der Waals surface area (Å²) < 4.78 is 0. The molecule has 0 aliphatic carbocycles. The first-order chi connectivity index (χ1) is 10.2. The normalized spacial score (nSPS) is 10.2. The van der Waals surface area contributed by atoms with Crippen LogP contribution in [0.5, 0.6) is 0 Å². The van der Waals surface area contributed by atoms with Gasteiger partial charge < -0.3 is 15.3 Å². The molecule has 0 aliphatic heterocycles. The van der Waals surface area contributed by atoms with Gasteiger partial charge >= 0.3 is 0 Å². The average molecular weight is 285 g/mol. The van der Waals surface area contributed by atoms with Gasteiger partial charge in [-0.15, -0.1) is 0 Å². The number of amides is 1. The van der Waals surface area contributed by atoms with Crippen LogP contribution in [0.1, 0.15) is 15.9 Å². The van der Waals surface area contributed by atoms with Crippen molar-refractivity contribution in [3.8, 4) is 0 Å². The van der Waals surface area contributed by atoms with Gasteiger partial charge in [0.15, 0.2) is 0 Å². The number of pyridine rings is 1. The summed E-state index contributed by atoms with van der Waals surface area (Å²) in [5.41, 5.74) is 1.58. The second-order valence-electron chi connectivity index (χ2n) is 4.62. The number of rotatable bonds is 6. The van der Waals surface area contributed by atoms with Gasteiger partial charge in [0.25, 0.3) is 5.91 Å². The third-order valence-corrected chi connectivity index (χ3v) is 3.14. The molecule has 1 amide bonds. The van der Waals surface area contributed by atoms with E-state index in [0.717, 1.165) is 5.56 Å². The number of benzene rings is 1. The molecule has 110 valence electrons. The molecule has 0 atom stereocenters. The largest absolute Gasteiger partial charge is 0.395 e. The summed E-state index contributed by atoms with van der Waals surface area (Å²) >= 11 is 0. The monoisotopic (exact) mass is 285 g/mol. The van der Waals surface area contributed by atoms with Crippen molar-refractivity contribution in [1.29, 1.82) is 0 Å². The summed E-state index contributed by atoms with van der Waals surface area (Å²) in [7, 11) is 1.76. The van der Waals surface area contributed by atoms with Gasteiger partial charge in [0, 0.05) is 31.9 Å². The third-order valence-electron chi connectivity index (χ3n) is 3.14. The summed E-state index contributed by atoms with van der Waals surface area (Å²) in [5.74, 6) is 0.524. The zero-order valence-electron chi connectivity index (χ0n) is 12.0. The SMILES string of the molecule is CNc1cc(C(=O)N(CCO)Cc2ccccc2)ccn1. The molecule has 2 rings (SSSR count). The number of aliphatic hydroxyl groups is 1. The molecule has 0 spiro atoms. The standard InChI is InChI=1S/C16H19N3O2/c1-17-15-11-14(7-8-18-15)16(21)19(9-10-20)12-13-5-3-2-4-6-13/h2-8,11,20H,9-10,12H2,1H3,(H,17,18). The highest BCUT2D eigenvalue weighted by Gasteiger charge is 2.16. The Labute approximate surface area is 124 Å². The van der Waals surface area contributed by atoms with E-state index in [9.17, 15) is 9.90 Å². The minimum atomic E-state index is -0.119. The zero-order chi connectivity index (χ0) is 15.1. The van der Waals surface area contributed by atoms with Crippen LogP contribution < -0.4 is 5.32 Å². The molecule has 0 aliphatic rings. The zero-order valence-corrected chi connectivity index (χ0v) is 12.0. The Balaban J connectivity index is 2.18. The first kappa shape index (κ1) is 15.0. The molecule has 0 fully saturated rings. The number of aromatic nitrogens is 1. The Bertz CT molecular complexity index is 587. The predicted octanol–water partition coefficient (Wildman–Crippen LogP) is 1.76. The molecule has 2 N–H and O–H groups in total. The highest BCUT2D eigenvalue weighted by atomic mass is 16.3. The molecule has 0 radical (unpaired) electrons.